The Labute approximate surface area is 201 Å². The molecule has 0 atom stereocenters. The summed E-state index contributed by atoms with van der Waals surface area (Å²) in [6, 6.07) is 20.3. The number of nitrogens with zero attached hydrogens (tertiary/aromatic N) is 1. The Morgan fingerprint density at radius 2 is 1.59 bits per heavy atom. The minimum absolute atomic E-state index is 0.215. The molecule has 0 aliphatic carbocycles. The van der Waals surface area contributed by atoms with Crippen molar-refractivity contribution in [3.05, 3.63) is 98.4 Å². The molecule has 3 aromatic rings. The van der Waals surface area contributed by atoms with E-state index in [4.69, 9.17) is 4.74 Å². The summed E-state index contributed by atoms with van der Waals surface area (Å²) in [5.41, 5.74) is 3.91. The summed E-state index contributed by atoms with van der Waals surface area (Å²) in [4.78, 5) is 36.0. The maximum Gasteiger partial charge on any atom is 0.343 e. The van der Waals surface area contributed by atoms with Crippen molar-refractivity contribution in [2.24, 2.45) is 5.10 Å². The van der Waals surface area contributed by atoms with E-state index < -0.39 is 11.9 Å². The average molecular weight is 559 g/mol. The van der Waals surface area contributed by atoms with Gasteiger partial charge in [0.25, 0.3) is 11.8 Å². The summed E-state index contributed by atoms with van der Waals surface area (Å²) in [5, 5.41) is 6.38. The van der Waals surface area contributed by atoms with Crippen molar-refractivity contribution < 1.29 is 19.1 Å². The molecule has 162 valence electrons. The fraction of sp³-hybridized carbons (Fsp3) is 0.0435. The Morgan fingerprint density at radius 3 is 2.28 bits per heavy atom. The van der Waals surface area contributed by atoms with Crippen molar-refractivity contribution >= 4 is 55.9 Å². The van der Waals surface area contributed by atoms with Crippen molar-refractivity contribution in [3.63, 3.8) is 0 Å². The highest BCUT2D eigenvalue weighted by atomic mass is 79.9. The Kier molecular flexibility index (Phi) is 8.29. The molecule has 7 nitrogen and oxygen atoms in total. The fourth-order valence-electron chi connectivity index (χ4n) is 2.48. The number of nitrogens with one attached hydrogen (secondary N) is 2. The molecule has 0 spiro atoms. The minimum Gasteiger partial charge on any atom is -0.423 e. The van der Waals surface area contributed by atoms with E-state index in [1.54, 1.807) is 72.8 Å². The summed E-state index contributed by atoms with van der Waals surface area (Å²) in [5.74, 6) is -0.909. The number of ether oxygens (including phenoxy) is 1. The summed E-state index contributed by atoms with van der Waals surface area (Å²) in [6.45, 7) is -0.215. The summed E-state index contributed by atoms with van der Waals surface area (Å²) < 4.78 is 6.97. The fourth-order valence-corrected chi connectivity index (χ4v) is 3.15. The van der Waals surface area contributed by atoms with E-state index in [0.29, 0.717) is 22.4 Å². The number of hydrazone groups is 1. The topological polar surface area (TPSA) is 96.9 Å². The van der Waals surface area contributed by atoms with Crippen LogP contribution in [0.3, 0.4) is 0 Å². The predicted molar refractivity (Wildman–Crippen MR) is 128 cm³/mol. The highest BCUT2D eigenvalue weighted by Gasteiger charge is 2.09. The molecule has 0 fully saturated rings. The number of rotatable bonds is 7. The van der Waals surface area contributed by atoms with Crippen molar-refractivity contribution in [1.82, 2.24) is 10.7 Å². The molecule has 0 aromatic heterocycles. The van der Waals surface area contributed by atoms with E-state index in [-0.39, 0.29) is 12.5 Å². The first-order chi connectivity index (χ1) is 15.4. The van der Waals surface area contributed by atoms with E-state index in [0.717, 1.165) is 8.95 Å². The monoisotopic (exact) mass is 557 g/mol. The molecule has 0 aliphatic heterocycles. The van der Waals surface area contributed by atoms with Crippen LogP contribution in [0.4, 0.5) is 0 Å². The number of carbonyl (C=O) groups is 3. The van der Waals surface area contributed by atoms with Gasteiger partial charge in [0.15, 0.2) is 0 Å². The van der Waals surface area contributed by atoms with Gasteiger partial charge < -0.3 is 10.1 Å². The summed E-state index contributed by atoms with van der Waals surface area (Å²) in [7, 11) is 0. The van der Waals surface area contributed by atoms with Gasteiger partial charge in [-0.25, -0.2) is 10.2 Å². The van der Waals surface area contributed by atoms with Gasteiger partial charge in [0, 0.05) is 14.5 Å². The largest absolute Gasteiger partial charge is 0.423 e. The Hall–Kier alpha value is -3.30. The van der Waals surface area contributed by atoms with Gasteiger partial charge in [0.05, 0.1) is 18.3 Å². The lowest BCUT2D eigenvalue weighted by Crippen LogP contribution is -2.34. The van der Waals surface area contributed by atoms with Crippen molar-refractivity contribution in [2.45, 2.75) is 0 Å². The molecule has 32 heavy (non-hydrogen) atoms. The molecule has 0 radical (unpaired) electrons. The minimum atomic E-state index is -0.468. The molecule has 0 bridgehead atoms. The number of hydrogen-bond donors (Lipinski definition) is 2. The van der Waals surface area contributed by atoms with Crippen LogP contribution in [0.5, 0.6) is 5.75 Å². The number of esters is 1. The smallest absolute Gasteiger partial charge is 0.343 e. The van der Waals surface area contributed by atoms with Gasteiger partial charge in [-0.15, -0.1) is 0 Å². The van der Waals surface area contributed by atoms with Gasteiger partial charge in [0.1, 0.15) is 5.75 Å². The molecule has 2 amide bonds. The van der Waals surface area contributed by atoms with Crippen LogP contribution in [-0.4, -0.2) is 30.5 Å². The van der Waals surface area contributed by atoms with Crippen LogP contribution in [0.2, 0.25) is 0 Å². The molecule has 0 unspecified atom stereocenters. The van der Waals surface area contributed by atoms with E-state index in [1.807, 2.05) is 0 Å². The Balaban J connectivity index is 1.45. The maximum atomic E-state index is 12.1. The van der Waals surface area contributed by atoms with Gasteiger partial charge in [-0.1, -0.05) is 37.9 Å². The quantitative estimate of drug-likeness (QED) is 0.195. The van der Waals surface area contributed by atoms with E-state index in [1.165, 1.54) is 6.21 Å². The number of hydrogen-bond acceptors (Lipinski definition) is 5. The third-order valence-corrected chi connectivity index (χ3v) is 5.09. The lowest BCUT2D eigenvalue weighted by Gasteiger charge is -2.05. The molecular weight excluding hydrogens is 542 g/mol. The second-order valence-corrected chi connectivity index (χ2v) is 8.28. The van der Waals surface area contributed by atoms with Gasteiger partial charge in [0.2, 0.25) is 0 Å². The van der Waals surface area contributed by atoms with E-state index in [2.05, 4.69) is 47.7 Å². The second-order valence-electron chi connectivity index (χ2n) is 6.45. The molecule has 9 heteroatoms. The first-order valence-corrected chi connectivity index (χ1v) is 10.9. The predicted octanol–water partition coefficient (Wildman–Crippen LogP) is 4.31. The summed E-state index contributed by atoms with van der Waals surface area (Å²) >= 11 is 6.61. The van der Waals surface area contributed by atoms with Crippen LogP contribution in [-0.2, 0) is 4.79 Å². The molecule has 3 rings (SSSR count). The van der Waals surface area contributed by atoms with Gasteiger partial charge in [-0.05, 0) is 72.3 Å². The van der Waals surface area contributed by atoms with Crippen molar-refractivity contribution in [3.8, 4) is 5.75 Å². The molecule has 0 saturated carbocycles. The van der Waals surface area contributed by atoms with Gasteiger partial charge in [-0.2, -0.15) is 5.10 Å². The zero-order valence-corrected chi connectivity index (χ0v) is 19.7. The highest BCUT2D eigenvalue weighted by molar-refractivity contribution is 9.10. The van der Waals surface area contributed by atoms with Crippen molar-refractivity contribution in [1.29, 1.82) is 0 Å². The first-order valence-electron chi connectivity index (χ1n) is 9.34. The van der Waals surface area contributed by atoms with Gasteiger partial charge in [-0.3, -0.25) is 9.59 Å². The Bertz CT molecular complexity index is 1150. The standard InChI is InChI=1S/C23H17Br2N3O4/c24-18-8-6-16(7-9-18)23(31)32-20-10-4-15(5-11-20)13-27-28-21(29)14-26-22(30)17-2-1-3-19(25)12-17/h1-13H,14H2,(H,26,30)(H,28,29)/b27-13+. The number of halogens is 2. The third-order valence-electron chi connectivity index (χ3n) is 4.07. The normalized spacial score (nSPS) is 10.6. The van der Waals surface area contributed by atoms with Crippen molar-refractivity contribution in [2.75, 3.05) is 6.54 Å². The van der Waals surface area contributed by atoms with Crippen LogP contribution < -0.4 is 15.5 Å². The zero-order valence-electron chi connectivity index (χ0n) is 16.5. The highest BCUT2D eigenvalue weighted by Crippen LogP contribution is 2.16. The second kappa shape index (κ2) is 11.4. The lowest BCUT2D eigenvalue weighted by atomic mass is 10.2. The van der Waals surface area contributed by atoms with Crippen LogP contribution >= 0.6 is 31.9 Å². The molecular formula is C23H17Br2N3O4. The van der Waals surface area contributed by atoms with Crippen LogP contribution in [0.15, 0.2) is 86.8 Å². The molecule has 2 N–H and O–H groups in total. The summed E-state index contributed by atoms with van der Waals surface area (Å²) in [6.07, 6.45) is 1.44. The molecule has 3 aromatic carbocycles. The SMILES string of the molecule is O=C(CNC(=O)c1cccc(Br)c1)N/N=C/c1ccc(OC(=O)c2ccc(Br)cc2)cc1. The van der Waals surface area contributed by atoms with Crippen LogP contribution in [0.1, 0.15) is 26.3 Å². The first kappa shape index (κ1) is 23.4. The van der Waals surface area contributed by atoms with Crippen LogP contribution in [0.25, 0.3) is 0 Å². The van der Waals surface area contributed by atoms with Crippen LogP contribution in [0, 0.1) is 0 Å². The van der Waals surface area contributed by atoms with E-state index in [9.17, 15) is 14.4 Å². The van der Waals surface area contributed by atoms with Gasteiger partial charge >= 0.3 is 5.97 Å². The average Bonchev–Trinajstić information content (AvgIpc) is 2.79. The van der Waals surface area contributed by atoms with E-state index >= 15 is 0 Å². The number of amides is 2. The molecule has 0 aliphatic rings. The number of carbonyl (C=O) groups excluding carboxylic acids is 3. The number of benzene rings is 3. The zero-order chi connectivity index (χ0) is 22.9. The Morgan fingerprint density at radius 1 is 0.875 bits per heavy atom. The molecule has 0 heterocycles. The lowest BCUT2D eigenvalue weighted by molar-refractivity contribution is -0.120. The third kappa shape index (κ3) is 7.14. The maximum absolute atomic E-state index is 12.1. The molecule has 0 saturated heterocycles.